The summed E-state index contributed by atoms with van der Waals surface area (Å²) in [6.07, 6.45) is 8.04. The number of aliphatic imine (C=N–C) groups is 1. The number of likely N-dealkylation sites (tertiary alicyclic amines) is 1. The van der Waals surface area contributed by atoms with Crippen molar-refractivity contribution in [3.8, 4) is 0 Å². The number of hydrogen-bond acceptors (Lipinski definition) is 3. The Labute approximate surface area is 176 Å². The molecule has 26 heavy (non-hydrogen) atoms. The number of H-pyrrole nitrogens is 1. The molecule has 1 aromatic heterocycles. The van der Waals surface area contributed by atoms with E-state index in [-0.39, 0.29) is 29.5 Å². The normalized spacial score (nSPS) is 16.2. The zero-order chi connectivity index (χ0) is 18.1. The van der Waals surface area contributed by atoms with Crippen LogP contribution in [-0.4, -0.2) is 59.3 Å². The zero-order valence-electron chi connectivity index (χ0n) is 16.9. The van der Waals surface area contributed by atoms with Gasteiger partial charge in [0.1, 0.15) is 0 Å². The van der Waals surface area contributed by atoms with Crippen LogP contribution in [0.25, 0.3) is 0 Å². The minimum absolute atomic E-state index is 0. The third kappa shape index (κ3) is 7.42. The Morgan fingerprint density at radius 3 is 2.62 bits per heavy atom. The summed E-state index contributed by atoms with van der Waals surface area (Å²) in [7, 11) is 0. The molecule has 7 heteroatoms. The van der Waals surface area contributed by atoms with E-state index in [9.17, 15) is 0 Å². The Morgan fingerprint density at radius 1 is 1.27 bits per heavy atom. The van der Waals surface area contributed by atoms with Gasteiger partial charge in [0.15, 0.2) is 5.96 Å². The second-order valence-corrected chi connectivity index (χ2v) is 7.61. The number of aromatic nitrogens is 2. The molecule has 0 atom stereocenters. The van der Waals surface area contributed by atoms with Crippen LogP contribution in [0.4, 0.5) is 0 Å². The van der Waals surface area contributed by atoms with Crippen LogP contribution in [0.15, 0.2) is 11.2 Å². The highest BCUT2D eigenvalue weighted by Crippen LogP contribution is 2.20. The van der Waals surface area contributed by atoms with E-state index in [4.69, 9.17) is 4.99 Å². The summed E-state index contributed by atoms with van der Waals surface area (Å²) >= 11 is 0. The van der Waals surface area contributed by atoms with Crippen LogP contribution in [0.3, 0.4) is 0 Å². The number of guanidine groups is 1. The highest BCUT2D eigenvalue weighted by atomic mass is 127. The van der Waals surface area contributed by atoms with Crippen molar-refractivity contribution in [2.24, 2.45) is 4.99 Å². The molecule has 1 aliphatic heterocycles. The van der Waals surface area contributed by atoms with Gasteiger partial charge in [0.25, 0.3) is 0 Å². The lowest BCUT2D eigenvalue weighted by atomic mass is 9.99. The average molecular weight is 476 g/mol. The lowest BCUT2D eigenvalue weighted by Gasteiger charge is -2.40. The fourth-order valence-corrected chi connectivity index (χ4v) is 3.33. The molecule has 0 amide bonds. The van der Waals surface area contributed by atoms with E-state index in [2.05, 4.69) is 53.4 Å². The molecular weight excluding hydrogens is 439 g/mol. The fraction of sp³-hybridized carbons (Fsp3) is 0.789. The molecule has 0 aromatic carbocycles. The maximum absolute atomic E-state index is 4.85. The molecule has 1 saturated heterocycles. The fourth-order valence-electron chi connectivity index (χ4n) is 3.33. The van der Waals surface area contributed by atoms with Crippen LogP contribution in [0, 0.1) is 6.92 Å². The first kappa shape index (κ1) is 23.2. The van der Waals surface area contributed by atoms with E-state index in [1.54, 1.807) is 0 Å². The molecule has 1 aromatic rings. The van der Waals surface area contributed by atoms with Crippen molar-refractivity contribution < 1.29 is 0 Å². The Kier molecular flexibility index (Phi) is 10.5. The quantitative estimate of drug-likeness (QED) is 0.234. The predicted molar refractivity (Wildman–Crippen MR) is 121 cm³/mol. The lowest BCUT2D eigenvalue weighted by Crippen LogP contribution is -2.49. The molecular formula is C19H37IN6. The molecule has 0 bridgehead atoms. The first-order chi connectivity index (χ1) is 12.0. The van der Waals surface area contributed by atoms with Crippen molar-refractivity contribution in [1.82, 2.24) is 25.7 Å². The molecule has 3 N–H and O–H groups in total. The molecule has 0 spiro atoms. The minimum atomic E-state index is 0. The number of nitrogens with one attached hydrogen (secondary N) is 3. The number of piperidine rings is 1. The van der Waals surface area contributed by atoms with Crippen molar-refractivity contribution in [3.63, 3.8) is 0 Å². The van der Waals surface area contributed by atoms with E-state index >= 15 is 0 Å². The molecule has 1 aliphatic rings. The van der Waals surface area contributed by atoms with Crippen LogP contribution in [-0.2, 0) is 6.42 Å². The molecule has 2 rings (SSSR count). The number of halogens is 1. The topological polar surface area (TPSA) is 68.3 Å². The van der Waals surface area contributed by atoms with Gasteiger partial charge in [-0.2, -0.15) is 5.10 Å². The highest BCUT2D eigenvalue weighted by molar-refractivity contribution is 14.0. The maximum Gasteiger partial charge on any atom is 0.191 e. The summed E-state index contributed by atoms with van der Waals surface area (Å²) in [5, 5.41) is 13.9. The van der Waals surface area contributed by atoms with Gasteiger partial charge in [-0.25, -0.2) is 0 Å². The van der Waals surface area contributed by atoms with E-state index in [0.29, 0.717) is 0 Å². The van der Waals surface area contributed by atoms with Gasteiger partial charge >= 0.3 is 0 Å². The number of aromatic amines is 1. The summed E-state index contributed by atoms with van der Waals surface area (Å²) in [5.74, 6) is 0.927. The third-order valence-electron chi connectivity index (χ3n) is 5.03. The van der Waals surface area contributed by atoms with Crippen molar-refractivity contribution in [1.29, 1.82) is 0 Å². The van der Waals surface area contributed by atoms with Crippen LogP contribution < -0.4 is 10.6 Å². The maximum atomic E-state index is 4.85. The number of hydrogen-bond donors (Lipinski definition) is 3. The lowest BCUT2D eigenvalue weighted by molar-refractivity contribution is 0.102. The second-order valence-electron chi connectivity index (χ2n) is 7.61. The number of nitrogens with zero attached hydrogens (tertiary/aromatic N) is 3. The molecule has 6 nitrogen and oxygen atoms in total. The zero-order valence-corrected chi connectivity index (χ0v) is 19.2. The standard InChI is InChI=1S/C19H36N6.HI/c1-5-20-18(21-11-9-10-17-14-23-24-16(17)2)22-15-19(3,4)25-12-7-6-8-13-25;/h14H,5-13,15H2,1-4H3,(H,23,24)(H2,20,21,22);1H. The average Bonchev–Trinajstić information content (AvgIpc) is 3.02. The van der Waals surface area contributed by atoms with E-state index in [1.807, 2.05) is 6.20 Å². The summed E-state index contributed by atoms with van der Waals surface area (Å²) in [6.45, 7) is 13.8. The SMILES string of the molecule is CCNC(=NCC(C)(C)N1CCCCC1)NCCCc1cn[nH]c1C.I. The Balaban J connectivity index is 0.00000338. The van der Waals surface area contributed by atoms with E-state index < -0.39 is 0 Å². The number of aryl methyl sites for hydroxylation is 2. The molecule has 0 unspecified atom stereocenters. The van der Waals surface area contributed by atoms with Gasteiger partial charge in [0.2, 0.25) is 0 Å². The van der Waals surface area contributed by atoms with Crippen molar-refractivity contribution in [3.05, 3.63) is 17.5 Å². The molecule has 1 fully saturated rings. The van der Waals surface area contributed by atoms with Crippen molar-refractivity contribution >= 4 is 29.9 Å². The van der Waals surface area contributed by atoms with Gasteiger partial charge in [-0.05, 0) is 72.0 Å². The number of rotatable bonds is 8. The van der Waals surface area contributed by atoms with Gasteiger partial charge in [0.05, 0.1) is 12.7 Å². The largest absolute Gasteiger partial charge is 0.357 e. The summed E-state index contributed by atoms with van der Waals surface area (Å²) in [5.41, 5.74) is 2.59. The van der Waals surface area contributed by atoms with E-state index in [0.717, 1.165) is 38.4 Å². The Hall–Kier alpha value is -0.830. The highest BCUT2D eigenvalue weighted by Gasteiger charge is 2.27. The van der Waals surface area contributed by atoms with Crippen LogP contribution in [0.1, 0.15) is 57.7 Å². The van der Waals surface area contributed by atoms with Gasteiger partial charge in [-0.15, -0.1) is 24.0 Å². The van der Waals surface area contributed by atoms with Crippen molar-refractivity contribution in [2.45, 2.75) is 65.3 Å². The Bertz CT molecular complexity index is 534. The van der Waals surface area contributed by atoms with Crippen molar-refractivity contribution in [2.75, 3.05) is 32.7 Å². The monoisotopic (exact) mass is 476 g/mol. The van der Waals surface area contributed by atoms with Gasteiger partial charge in [-0.3, -0.25) is 15.0 Å². The molecule has 0 radical (unpaired) electrons. The summed E-state index contributed by atoms with van der Waals surface area (Å²) in [6, 6.07) is 0. The van der Waals surface area contributed by atoms with Crippen LogP contribution in [0.5, 0.6) is 0 Å². The van der Waals surface area contributed by atoms with Gasteiger partial charge in [0, 0.05) is 24.3 Å². The predicted octanol–water partition coefficient (Wildman–Crippen LogP) is 3.09. The molecule has 2 heterocycles. The first-order valence-electron chi connectivity index (χ1n) is 9.79. The minimum Gasteiger partial charge on any atom is -0.357 e. The first-order valence-corrected chi connectivity index (χ1v) is 9.79. The molecule has 0 saturated carbocycles. The third-order valence-corrected chi connectivity index (χ3v) is 5.03. The van der Waals surface area contributed by atoms with Crippen LogP contribution >= 0.6 is 24.0 Å². The van der Waals surface area contributed by atoms with Gasteiger partial charge in [-0.1, -0.05) is 6.42 Å². The summed E-state index contributed by atoms with van der Waals surface area (Å²) in [4.78, 5) is 7.44. The smallest absolute Gasteiger partial charge is 0.191 e. The summed E-state index contributed by atoms with van der Waals surface area (Å²) < 4.78 is 0. The van der Waals surface area contributed by atoms with Gasteiger partial charge < -0.3 is 10.6 Å². The Morgan fingerprint density at radius 2 is 2.00 bits per heavy atom. The second kappa shape index (κ2) is 11.8. The van der Waals surface area contributed by atoms with E-state index in [1.165, 1.54) is 43.6 Å². The van der Waals surface area contributed by atoms with Crippen LogP contribution in [0.2, 0.25) is 0 Å². The molecule has 150 valence electrons. The molecule has 0 aliphatic carbocycles.